The summed E-state index contributed by atoms with van der Waals surface area (Å²) in [4.78, 5) is 15.8. The molecule has 98 valence electrons. The number of hydrogen-bond donors (Lipinski definition) is 1. The fourth-order valence-electron chi connectivity index (χ4n) is 2.98. The van der Waals surface area contributed by atoms with Crippen LogP contribution < -0.4 is 0 Å². The van der Waals surface area contributed by atoms with E-state index in [1.807, 2.05) is 0 Å². The minimum atomic E-state index is -0.719. The van der Waals surface area contributed by atoms with Crippen molar-refractivity contribution < 1.29 is 14.4 Å². The zero-order valence-corrected chi connectivity index (χ0v) is 10.4. The van der Waals surface area contributed by atoms with E-state index in [0.29, 0.717) is 18.2 Å². The molecule has 1 aromatic heterocycles. The van der Waals surface area contributed by atoms with Crippen LogP contribution in [0.1, 0.15) is 62.6 Å². The molecule has 0 atom stereocenters. The van der Waals surface area contributed by atoms with Gasteiger partial charge in [0.25, 0.3) is 0 Å². The van der Waals surface area contributed by atoms with Crippen molar-refractivity contribution in [1.82, 2.24) is 10.1 Å². The molecule has 2 fully saturated rings. The Morgan fingerprint density at radius 3 is 2.61 bits per heavy atom. The fourth-order valence-corrected chi connectivity index (χ4v) is 2.98. The topological polar surface area (TPSA) is 76.2 Å². The highest BCUT2D eigenvalue weighted by Gasteiger charge is 2.43. The molecule has 0 amide bonds. The minimum absolute atomic E-state index is 0.391. The molecular weight excluding hydrogens is 232 g/mol. The second-order valence-corrected chi connectivity index (χ2v) is 5.64. The Bertz CT molecular complexity index is 445. The van der Waals surface area contributed by atoms with Crippen molar-refractivity contribution in [2.24, 2.45) is 5.41 Å². The van der Waals surface area contributed by atoms with Crippen LogP contribution in [0.3, 0.4) is 0 Å². The Balaban J connectivity index is 1.74. The van der Waals surface area contributed by atoms with E-state index in [9.17, 15) is 9.90 Å². The first-order valence-corrected chi connectivity index (χ1v) is 6.75. The number of rotatable bonds is 4. The van der Waals surface area contributed by atoms with Crippen LogP contribution in [-0.4, -0.2) is 21.2 Å². The van der Waals surface area contributed by atoms with Crippen LogP contribution in [-0.2, 0) is 11.2 Å². The van der Waals surface area contributed by atoms with Gasteiger partial charge in [0.1, 0.15) is 0 Å². The molecule has 1 heterocycles. The quantitative estimate of drug-likeness (QED) is 0.888. The molecule has 1 N–H and O–H groups in total. The molecule has 3 rings (SSSR count). The molecule has 0 unspecified atom stereocenters. The third-order valence-corrected chi connectivity index (χ3v) is 4.46. The maximum absolute atomic E-state index is 11.4. The van der Waals surface area contributed by atoms with E-state index in [-0.39, 0.29) is 0 Å². The van der Waals surface area contributed by atoms with E-state index in [2.05, 4.69) is 10.1 Å². The highest BCUT2D eigenvalue weighted by Crippen LogP contribution is 2.41. The van der Waals surface area contributed by atoms with Gasteiger partial charge in [-0.2, -0.15) is 4.98 Å². The van der Waals surface area contributed by atoms with E-state index in [0.717, 1.165) is 44.3 Å². The van der Waals surface area contributed by atoms with E-state index < -0.39 is 11.4 Å². The Labute approximate surface area is 106 Å². The molecule has 0 bridgehead atoms. The lowest BCUT2D eigenvalue weighted by Gasteiger charge is -2.22. The van der Waals surface area contributed by atoms with Crippen LogP contribution in [0.2, 0.25) is 0 Å². The average molecular weight is 250 g/mol. The summed E-state index contributed by atoms with van der Waals surface area (Å²) in [5, 5.41) is 13.4. The average Bonchev–Trinajstić information content (AvgIpc) is 2.87. The zero-order chi connectivity index (χ0) is 12.6. The van der Waals surface area contributed by atoms with Gasteiger partial charge in [0, 0.05) is 12.3 Å². The van der Waals surface area contributed by atoms with Gasteiger partial charge >= 0.3 is 5.97 Å². The van der Waals surface area contributed by atoms with Gasteiger partial charge < -0.3 is 9.63 Å². The number of hydrogen-bond acceptors (Lipinski definition) is 4. The molecule has 2 aliphatic carbocycles. The lowest BCUT2D eigenvalue weighted by molar-refractivity contribution is -0.148. The summed E-state index contributed by atoms with van der Waals surface area (Å²) < 4.78 is 5.23. The van der Waals surface area contributed by atoms with Gasteiger partial charge in [-0.3, -0.25) is 4.79 Å². The molecular formula is C13H18N2O3. The monoisotopic (exact) mass is 250 g/mol. The van der Waals surface area contributed by atoms with Gasteiger partial charge in [-0.15, -0.1) is 0 Å². The van der Waals surface area contributed by atoms with Crippen molar-refractivity contribution in [3.63, 3.8) is 0 Å². The van der Waals surface area contributed by atoms with Crippen molar-refractivity contribution >= 4 is 5.97 Å². The molecule has 2 aliphatic rings. The maximum atomic E-state index is 11.4. The summed E-state index contributed by atoms with van der Waals surface area (Å²) in [6.45, 7) is 0. The number of carbonyl (C=O) groups is 1. The third kappa shape index (κ3) is 1.91. The van der Waals surface area contributed by atoms with Crippen molar-refractivity contribution in [3.8, 4) is 0 Å². The molecule has 0 aromatic carbocycles. The number of aromatic nitrogens is 2. The first kappa shape index (κ1) is 11.7. The lowest BCUT2D eigenvalue weighted by Crippen LogP contribution is -2.30. The van der Waals surface area contributed by atoms with Gasteiger partial charge in [-0.1, -0.05) is 24.4 Å². The first-order valence-electron chi connectivity index (χ1n) is 6.75. The molecule has 0 spiro atoms. The Kier molecular flexibility index (Phi) is 2.84. The summed E-state index contributed by atoms with van der Waals surface area (Å²) in [5.41, 5.74) is -0.663. The van der Waals surface area contributed by atoms with E-state index >= 15 is 0 Å². The van der Waals surface area contributed by atoms with E-state index in [4.69, 9.17) is 4.52 Å². The SMILES string of the molecule is O=C(O)C1(Cc2nc(C3CCC3)no2)CCCC1. The molecule has 0 aliphatic heterocycles. The minimum Gasteiger partial charge on any atom is -0.481 e. The summed E-state index contributed by atoms with van der Waals surface area (Å²) in [5.74, 6) is 0.992. The van der Waals surface area contributed by atoms with Crippen molar-refractivity contribution in [3.05, 3.63) is 11.7 Å². The Morgan fingerprint density at radius 2 is 2.06 bits per heavy atom. The normalized spacial score (nSPS) is 22.9. The summed E-state index contributed by atoms with van der Waals surface area (Å²) in [6, 6.07) is 0. The van der Waals surface area contributed by atoms with Crippen LogP contribution >= 0.6 is 0 Å². The van der Waals surface area contributed by atoms with Crippen molar-refractivity contribution in [2.75, 3.05) is 0 Å². The standard InChI is InChI=1S/C13H18N2O3/c16-12(17)13(6-1-2-7-13)8-10-14-11(15-18-10)9-4-3-5-9/h9H,1-8H2,(H,16,17). The van der Waals surface area contributed by atoms with Crippen LogP contribution in [0.25, 0.3) is 0 Å². The van der Waals surface area contributed by atoms with Gasteiger partial charge in [0.05, 0.1) is 5.41 Å². The lowest BCUT2D eigenvalue weighted by atomic mass is 9.82. The van der Waals surface area contributed by atoms with Crippen molar-refractivity contribution in [1.29, 1.82) is 0 Å². The number of carboxylic acid groups (broad SMARTS) is 1. The summed E-state index contributed by atoms with van der Waals surface area (Å²) >= 11 is 0. The van der Waals surface area contributed by atoms with E-state index in [1.165, 1.54) is 6.42 Å². The smallest absolute Gasteiger partial charge is 0.310 e. The summed E-state index contributed by atoms with van der Waals surface area (Å²) in [7, 11) is 0. The summed E-state index contributed by atoms with van der Waals surface area (Å²) in [6.07, 6.45) is 7.29. The van der Waals surface area contributed by atoms with Gasteiger partial charge in [-0.25, -0.2) is 0 Å². The van der Waals surface area contributed by atoms with Crippen LogP contribution in [0, 0.1) is 5.41 Å². The predicted octanol–water partition coefficient (Wildman–Crippen LogP) is 2.52. The van der Waals surface area contributed by atoms with Crippen LogP contribution in [0.15, 0.2) is 4.52 Å². The molecule has 0 radical (unpaired) electrons. The number of aliphatic carboxylic acids is 1. The first-order chi connectivity index (χ1) is 8.70. The highest BCUT2D eigenvalue weighted by molar-refractivity contribution is 5.75. The second kappa shape index (κ2) is 4.37. The third-order valence-electron chi connectivity index (χ3n) is 4.46. The molecule has 2 saturated carbocycles. The van der Waals surface area contributed by atoms with Crippen molar-refractivity contribution in [2.45, 2.75) is 57.3 Å². The molecule has 5 heteroatoms. The van der Waals surface area contributed by atoms with Gasteiger partial charge in [0.2, 0.25) is 5.89 Å². The van der Waals surface area contributed by atoms with Gasteiger partial charge in [0.15, 0.2) is 5.82 Å². The fraction of sp³-hybridized carbons (Fsp3) is 0.769. The van der Waals surface area contributed by atoms with Crippen LogP contribution in [0.5, 0.6) is 0 Å². The van der Waals surface area contributed by atoms with E-state index in [1.54, 1.807) is 0 Å². The number of nitrogens with zero attached hydrogens (tertiary/aromatic N) is 2. The highest BCUT2D eigenvalue weighted by atomic mass is 16.5. The van der Waals surface area contributed by atoms with Gasteiger partial charge in [-0.05, 0) is 25.7 Å². The van der Waals surface area contributed by atoms with Crippen LogP contribution in [0.4, 0.5) is 0 Å². The zero-order valence-electron chi connectivity index (χ0n) is 10.4. The second-order valence-electron chi connectivity index (χ2n) is 5.64. The Morgan fingerprint density at radius 1 is 1.33 bits per heavy atom. The molecule has 0 saturated heterocycles. The molecule has 5 nitrogen and oxygen atoms in total. The largest absolute Gasteiger partial charge is 0.481 e. The number of carboxylic acids is 1. The Hall–Kier alpha value is -1.39. The molecule has 18 heavy (non-hydrogen) atoms. The maximum Gasteiger partial charge on any atom is 0.310 e. The predicted molar refractivity (Wildman–Crippen MR) is 63.1 cm³/mol. The molecule has 1 aromatic rings.